The second kappa shape index (κ2) is 11.0. The van der Waals surface area contributed by atoms with Crippen molar-refractivity contribution in [2.45, 2.75) is 58.5 Å². The number of carbonyl (C=O) groups is 3. The van der Waals surface area contributed by atoms with Gasteiger partial charge in [-0.3, -0.25) is 14.4 Å². The van der Waals surface area contributed by atoms with Crippen LogP contribution in [-0.4, -0.2) is 48.4 Å². The zero-order valence-corrected chi connectivity index (χ0v) is 21.3. The van der Waals surface area contributed by atoms with Gasteiger partial charge in [-0.1, -0.05) is 38.3 Å². The number of benzene rings is 1. The Labute approximate surface area is 210 Å². The Morgan fingerprint density at radius 1 is 1.31 bits per heavy atom. The van der Waals surface area contributed by atoms with Crippen molar-refractivity contribution in [3.05, 3.63) is 28.9 Å². The van der Waals surface area contributed by atoms with Crippen molar-refractivity contribution in [3.63, 3.8) is 0 Å². The molecule has 188 valence electrons. The van der Waals surface area contributed by atoms with Crippen LogP contribution in [0.1, 0.15) is 56.9 Å². The average Bonchev–Trinajstić information content (AvgIpc) is 3.25. The van der Waals surface area contributed by atoms with Crippen molar-refractivity contribution < 1.29 is 19.1 Å². The number of fused-ring (bicyclic) bond motifs is 1. The summed E-state index contributed by atoms with van der Waals surface area (Å²) in [6, 6.07) is 3.60. The zero-order valence-electron chi connectivity index (χ0n) is 20.6. The molecule has 3 rings (SSSR count). The highest BCUT2D eigenvalue weighted by Crippen LogP contribution is 2.32. The molecule has 35 heavy (non-hydrogen) atoms. The minimum absolute atomic E-state index is 0.0433. The molecule has 9 heteroatoms. The van der Waals surface area contributed by atoms with E-state index in [1.165, 1.54) is 7.11 Å². The zero-order chi connectivity index (χ0) is 25.8. The fourth-order valence-electron chi connectivity index (χ4n) is 4.30. The van der Waals surface area contributed by atoms with Gasteiger partial charge in [-0.2, -0.15) is 0 Å². The van der Waals surface area contributed by atoms with E-state index in [1.807, 2.05) is 20.8 Å². The number of hydrogen-bond donors (Lipinski definition) is 4. The number of hydrogen-bond acceptors (Lipinski definition) is 4. The van der Waals surface area contributed by atoms with E-state index < -0.39 is 18.0 Å². The Balaban J connectivity index is 1.77. The Hall–Kier alpha value is -3.18. The molecule has 0 aliphatic carbocycles. The summed E-state index contributed by atoms with van der Waals surface area (Å²) in [5.74, 6) is 2.03. The predicted molar refractivity (Wildman–Crippen MR) is 136 cm³/mol. The van der Waals surface area contributed by atoms with Crippen LogP contribution in [0.3, 0.4) is 0 Å². The number of amides is 3. The monoisotopic (exact) mass is 500 g/mol. The van der Waals surface area contributed by atoms with Crippen LogP contribution >= 0.6 is 11.6 Å². The molecule has 1 fully saturated rings. The summed E-state index contributed by atoms with van der Waals surface area (Å²) in [7, 11) is 1.54. The summed E-state index contributed by atoms with van der Waals surface area (Å²) >= 11 is 6.28. The van der Waals surface area contributed by atoms with Crippen LogP contribution < -0.4 is 20.7 Å². The van der Waals surface area contributed by atoms with Gasteiger partial charge in [-0.05, 0) is 49.3 Å². The first-order valence-electron chi connectivity index (χ1n) is 11.7. The minimum Gasteiger partial charge on any atom is -0.496 e. The molecule has 0 radical (unpaired) electrons. The van der Waals surface area contributed by atoms with E-state index in [0.717, 1.165) is 12.8 Å². The SMILES string of the molecule is C#C[C@H](C[C@@H]1CCCNC1=O)NC(=O)[C@H](CC(C)(C)C)NC(=O)c1cc2c(OC)ccc(Cl)c2[nH]1. The largest absolute Gasteiger partial charge is 0.496 e. The van der Waals surface area contributed by atoms with Crippen molar-refractivity contribution >= 4 is 40.2 Å². The molecular weight excluding hydrogens is 468 g/mol. The Morgan fingerprint density at radius 3 is 2.69 bits per heavy atom. The summed E-state index contributed by atoms with van der Waals surface area (Å²) in [5, 5.41) is 9.64. The van der Waals surface area contributed by atoms with E-state index in [0.29, 0.717) is 41.1 Å². The number of halogens is 1. The molecule has 4 N–H and O–H groups in total. The van der Waals surface area contributed by atoms with Gasteiger partial charge in [-0.25, -0.2) is 0 Å². The van der Waals surface area contributed by atoms with Gasteiger partial charge in [0.05, 0.1) is 23.7 Å². The highest BCUT2D eigenvalue weighted by atomic mass is 35.5. The van der Waals surface area contributed by atoms with E-state index >= 15 is 0 Å². The molecule has 8 nitrogen and oxygen atoms in total. The number of methoxy groups -OCH3 is 1. The molecule has 3 amide bonds. The lowest BCUT2D eigenvalue weighted by atomic mass is 9.87. The van der Waals surface area contributed by atoms with Crippen LogP contribution in [0.5, 0.6) is 5.75 Å². The fourth-order valence-corrected chi connectivity index (χ4v) is 4.52. The van der Waals surface area contributed by atoms with Gasteiger partial charge in [-0.15, -0.1) is 6.42 Å². The highest BCUT2D eigenvalue weighted by molar-refractivity contribution is 6.35. The maximum atomic E-state index is 13.2. The lowest BCUT2D eigenvalue weighted by Crippen LogP contribution is -2.51. The van der Waals surface area contributed by atoms with Gasteiger partial charge in [0.25, 0.3) is 5.91 Å². The molecule has 1 aliphatic heterocycles. The number of aromatic nitrogens is 1. The molecule has 1 aromatic carbocycles. The standard InChI is InChI=1S/C26H33ClN4O4/c1-6-16(12-15-8-7-11-28-23(15)32)29-25(34)20(14-26(2,3)4)31-24(33)19-13-17-21(35-5)10-9-18(27)22(17)30-19/h1,9-10,13,15-16,20,30H,7-8,11-12,14H2,2-5H3,(H,28,32)(H,29,34)(H,31,33)/t15-,16+,20-/m0/s1. The third kappa shape index (κ3) is 6.70. The van der Waals surface area contributed by atoms with Crippen molar-refractivity contribution in [3.8, 4) is 18.1 Å². The number of ether oxygens (including phenoxy) is 1. The maximum absolute atomic E-state index is 13.2. The molecule has 0 saturated carbocycles. The molecular formula is C26H33ClN4O4. The molecule has 2 heterocycles. The van der Waals surface area contributed by atoms with Gasteiger partial charge >= 0.3 is 0 Å². The van der Waals surface area contributed by atoms with Gasteiger partial charge < -0.3 is 25.7 Å². The summed E-state index contributed by atoms with van der Waals surface area (Å²) in [4.78, 5) is 41.5. The van der Waals surface area contributed by atoms with Crippen LogP contribution in [0.15, 0.2) is 18.2 Å². The van der Waals surface area contributed by atoms with Crippen molar-refractivity contribution in [1.29, 1.82) is 0 Å². The van der Waals surface area contributed by atoms with E-state index in [2.05, 4.69) is 26.9 Å². The highest BCUT2D eigenvalue weighted by Gasteiger charge is 2.31. The van der Waals surface area contributed by atoms with Crippen molar-refractivity contribution in [2.24, 2.45) is 11.3 Å². The average molecular weight is 501 g/mol. The second-order valence-electron chi connectivity index (χ2n) is 10.1. The lowest BCUT2D eigenvalue weighted by Gasteiger charge is -2.28. The topological polar surface area (TPSA) is 112 Å². The molecule has 2 aromatic rings. The number of carbonyl (C=O) groups excluding carboxylic acids is 3. The minimum atomic E-state index is -0.831. The van der Waals surface area contributed by atoms with Crippen LogP contribution in [-0.2, 0) is 9.59 Å². The maximum Gasteiger partial charge on any atom is 0.268 e. The first kappa shape index (κ1) is 26.4. The van der Waals surface area contributed by atoms with E-state index in [9.17, 15) is 14.4 Å². The first-order valence-corrected chi connectivity index (χ1v) is 12.1. The van der Waals surface area contributed by atoms with Gasteiger partial charge in [0, 0.05) is 17.8 Å². The normalized spacial score (nSPS) is 17.7. The number of piperidine rings is 1. The van der Waals surface area contributed by atoms with Crippen LogP contribution in [0.4, 0.5) is 0 Å². The molecule has 1 aromatic heterocycles. The Morgan fingerprint density at radius 2 is 2.06 bits per heavy atom. The van der Waals surface area contributed by atoms with Crippen LogP contribution in [0.25, 0.3) is 10.9 Å². The number of nitrogens with one attached hydrogen (secondary N) is 4. The fraction of sp³-hybridized carbons (Fsp3) is 0.500. The van der Waals surface area contributed by atoms with E-state index in [4.69, 9.17) is 22.8 Å². The lowest BCUT2D eigenvalue weighted by molar-refractivity contribution is -0.128. The second-order valence-corrected chi connectivity index (χ2v) is 10.5. The summed E-state index contributed by atoms with van der Waals surface area (Å²) in [6.07, 6.45) is 8.02. The van der Waals surface area contributed by atoms with E-state index in [-0.39, 0.29) is 28.8 Å². The first-order chi connectivity index (χ1) is 16.5. The van der Waals surface area contributed by atoms with Crippen LogP contribution in [0.2, 0.25) is 5.02 Å². The third-order valence-corrected chi connectivity index (χ3v) is 6.36. The third-order valence-electron chi connectivity index (χ3n) is 6.04. The summed E-state index contributed by atoms with van der Waals surface area (Å²) < 4.78 is 5.37. The number of rotatable bonds is 8. The van der Waals surface area contributed by atoms with Crippen LogP contribution in [0, 0.1) is 23.7 Å². The smallest absolute Gasteiger partial charge is 0.268 e. The predicted octanol–water partition coefficient (Wildman–Crippen LogP) is 3.40. The Kier molecular flexibility index (Phi) is 8.34. The summed E-state index contributed by atoms with van der Waals surface area (Å²) in [5.41, 5.74) is 0.577. The Bertz CT molecular complexity index is 1140. The van der Waals surface area contributed by atoms with Crippen molar-refractivity contribution in [1.82, 2.24) is 20.9 Å². The molecule has 0 bridgehead atoms. The molecule has 0 unspecified atom stereocenters. The van der Waals surface area contributed by atoms with Gasteiger partial charge in [0.2, 0.25) is 11.8 Å². The molecule has 1 saturated heterocycles. The molecule has 1 aliphatic rings. The number of aromatic amines is 1. The van der Waals surface area contributed by atoms with Crippen molar-refractivity contribution in [2.75, 3.05) is 13.7 Å². The van der Waals surface area contributed by atoms with Gasteiger partial charge in [0.15, 0.2) is 0 Å². The molecule has 0 spiro atoms. The number of H-pyrrole nitrogens is 1. The summed E-state index contributed by atoms with van der Waals surface area (Å²) in [6.45, 7) is 6.61. The van der Waals surface area contributed by atoms with Gasteiger partial charge in [0.1, 0.15) is 17.5 Å². The quantitative estimate of drug-likeness (QED) is 0.416. The molecule has 3 atom stereocenters. The van der Waals surface area contributed by atoms with E-state index in [1.54, 1.807) is 18.2 Å². The number of terminal acetylenes is 1.